The number of phosphoric ester groups is 1. The molecule has 2 N–H and O–H groups in total. The van der Waals surface area contributed by atoms with Crippen LogP contribution in [0.4, 0.5) is 0 Å². The van der Waals surface area contributed by atoms with Crippen molar-refractivity contribution < 1.29 is 37.9 Å². The molecule has 0 heterocycles. The van der Waals surface area contributed by atoms with Crippen LogP contribution in [0.2, 0.25) is 0 Å². The number of hydrogen-bond donors (Lipinski definition) is 2. The Kier molecular flexibility index (Phi) is 35.2. The molecular formula is C39H77O8P. The topological polar surface area (TPSA) is 119 Å². The van der Waals surface area contributed by atoms with E-state index in [2.05, 4.69) is 18.4 Å². The zero-order valence-corrected chi connectivity index (χ0v) is 32.3. The average Bonchev–Trinajstić information content (AvgIpc) is 3.05. The summed E-state index contributed by atoms with van der Waals surface area (Å²) in [6, 6.07) is 0. The summed E-state index contributed by atoms with van der Waals surface area (Å²) < 4.78 is 26.3. The Morgan fingerprint density at radius 1 is 0.458 bits per heavy atom. The SMILES string of the molecule is CCCCCCCCCCCCCCCCCCCCCCCC(=O)O[C@H](COC(=O)CCCCCCCCCCC)COP(=O)(O)O. The van der Waals surface area contributed by atoms with Crippen molar-refractivity contribution in [3.8, 4) is 0 Å². The lowest BCUT2D eigenvalue weighted by molar-refractivity contribution is -0.161. The minimum Gasteiger partial charge on any atom is -0.462 e. The number of unbranched alkanes of at least 4 members (excludes halogenated alkanes) is 28. The van der Waals surface area contributed by atoms with Crippen LogP contribution in [-0.2, 0) is 28.2 Å². The van der Waals surface area contributed by atoms with Crippen LogP contribution >= 0.6 is 7.82 Å². The van der Waals surface area contributed by atoms with Crippen LogP contribution in [0, 0.1) is 0 Å². The van der Waals surface area contributed by atoms with Gasteiger partial charge in [-0.1, -0.05) is 194 Å². The average molecular weight is 705 g/mol. The first-order valence-corrected chi connectivity index (χ1v) is 21.9. The van der Waals surface area contributed by atoms with E-state index in [1.165, 1.54) is 154 Å². The van der Waals surface area contributed by atoms with Gasteiger partial charge in [0.05, 0.1) is 6.61 Å². The van der Waals surface area contributed by atoms with Crippen molar-refractivity contribution in [1.29, 1.82) is 0 Å². The lowest BCUT2D eigenvalue weighted by Gasteiger charge is -2.18. The zero-order chi connectivity index (χ0) is 35.4. The van der Waals surface area contributed by atoms with E-state index in [1.807, 2.05) is 0 Å². The van der Waals surface area contributed by atoms with Gasteiger partial charge in [0.1, 0.15) is 6.61 Å². The molecule has 0 aliphatic rings. The zero-order valence-electron chi connectivity index (χ0n) is 31.4. The van der Waals surface area contributed by atoms with Crippen molar-refractivity contribution in [2.45, 2.75) is 225 Å². The minimum atomic E-state index is -4.74. The fraction of sp³-hybridized carbons (Fsp3) is 0.949. The molecule has 9 heteroatoms. The molecule has 1 atom stereocenters. The molecule has 0 fully saturated rings. The fourth-order valence-corrected chi connectivity index (χ4v) is 6.44. The predicted molar refractivity (Wildman–Crippen MR) is 198 cm³/mol. The summed E-state index contributed by atoms with van der Waals surface area (Å²) in [6.07, 6.45) is 37.0. The maximum atomic E-state index is 12.4. The van der Waals surface area contributed by atoms with Crippen LogP contribution < -0.4 is 0 Å². The van der Waals surface area contributed by atoms with Crippen LogP contribution in [0.3, 0.4) is 0 Å². The lowest BCUT2D eigenvalue weighted by Crippen LogP contribution is -2.29. The molecule has 0 saturated heterocycles. The first-order valence-electron chi connectivity index (χ1n) is 20.3. The monoisotopic (exact) mass is 705 g/mol. The summed E-state index contributed by atoms with van der Waals surface area (Å²) in [5.41, 5.74) is 0. The number of hydrogen-bond acceptors (Lipinski definition) is 6. The van der Waals surface area contributed by atoms with Crippen molar-refractivity contribution in [3.63, 3.8) is 0 Å². The molecular weight excluding hydrogens is 627 g/mol. The van der Waals surface area contributed by atoms with Crippen LogP contribution in [0.5, 0.6) is 0 Å². The molecule has 286 valence electrons. The number of ether oxygens (including phenoxy) is 2. The molecule has 0 aromatic rings. The van der Waals surface area contributed by atoms with Gasteiger partial charge < -0.3 is 19.3 Å². The fourth-order valence-electron chi connectivity index (χ4n) is 6.08. The Balaban J connectivity index is 3.79. The molecule has 0 spiro atoms. The van der Waals surface area contributed by atoms with Crippen molar-refractivity contribution in [2.75, 3.05) is 13.2 Å². The van der Waals surface area contributed by atoms with Gasteiger partial charge in [0.15, 0.2) is 6.10 Å². The second kappa shape index (κ2) is 35.9. The molecule has 0 unspecified atom stereocenters. The molecule has 48 heavy (non-hydrogen) atoms. The number of rotatable bonds is 38. The Morgan fingerprint density at radius 2 is 0.750 bits per heavy atom. The van der Waals surface area contributed by atoms with Crippen molar-refractivity contribution in [1.82, 2.24) is 0 Å². The molecule has 0 aliphatic heterocycles. The highest BCUT2D eigenvalue weighted by Crippen LogP contribution is 2.36. The molecule has 0 radical (unpaired) electrons. The normalized spacial score (nSPS) is 12.3. The van der Waals surface area contributed by atoms with E-state index < -0.39 is 32.5 Å². The number of esters is 2. The summed E-state index contributed by atoms with van der Waals surface area (Å²) in [4.78, 5) is 42.6. The van der Waals surface area contributed by atoms with Gasteiger partial charge in [0.25, 0.3) is 0 Å². The van der Waals surface area contributed by atoms with Gasteiger partial charge in [-0.25, -0.2) is 4.57 Å². The largest absolute Gasteiger partial charge is 0.469 e. The Hall–Kier alpha value is -0.950. The van der Waals surface area contributed by atoms with Crippen LogP contribution in [-0.4, -0.2) is 41.0 Å². The summed E-state index contributed by atoms with van der Waals surface area (Å²) in [5, 5.41) is 0. The van der Waals surface area contributed by atoms with E-state index in [4.69, 9.17) is 19.3 Å². The molecule has 0 aromatic carbocycles. The van der Waals surface area contributed by atoms with Crippen molar-refractivity contribution in [2.24, 2.45) is 0 Å². The third-order valence-corrected chi connectivity index (χ3v) is 9.61. The lowest BCUT2D eigenvalue weighted by atomic mass is 10.0. The smallest absolute Gasteiger partial charge is 0.462 e. The van der Waals surface area contributed by atoms with E-state index in [-0.39, 0.29) is 19.4 Å². The highest BCUT2D eigenvalue weighted by Gasteiger charge is 2.22. The highest BCUT2D eigenvalue weighted by molar-refractivity contribution is 7.46. The molecule has 0 rings (SSSR count). The van der Waals surface area contributed by atoms with E-state index in [0.29, 0.717) is 6.42 Å². The number of phosphoric acid groups is 1. The van der Waals surface area contributed by atoms with Gasteiger partial charge in [-0.3, -0.25) is 14.1 Å². The molecule has 0 saturated carbocycles. The summed E-state index contributed by atoms with van der Waals surface area (Å²) in [6.45, 7) is 3.68. The number of carbonyl (C=O) groups excluding carboxylic acids is 2. The first-order chi connectivity index (χ1) is 23.3. The van der Waals surface area contributed by atoms with Gasteiger partial charge in [0.2, 0.25) is 0 Å². The molecule has 0 bridgehead atoms. The standard InChI is InChI=1S/C39H77O8P/c1-3-5-7-9-11-13-14-15-16-17-18-19-20-21-22-23-24-26-28-30-32-34-39(41)47-37(36-46-48(42,43)44)35-45-38(40)33-31-29-27-25-12-10-8-6-4-2/h37H,3-36H2,1-2H3,(H2,42,43,44)/t37-/m1/s1. The maximum Gasteiger partial charge on any atom is 0.469 e. The second-order valence-corrected chi connectivity index (χ2v) is 15.2. The minimum absolute atomic E-state index is 0.220. The Morgan fingerprint density at radius 3 is 1.06 bits per heavy atom. The van der Waals surface area contributed by atoms with Crippen LogP contribution in [0.25, 0.3) is 0 Å². The quantitative estimate of drug-likeness (QED) is 0.0370. The van der Waals surface area contributed by atoms with E-state index >= 15 is 0 Å². The maximum absolute atomic E-state index is 12.4. The third-order valence-electron chi connectivity index (χ3n) is 9.13. The van der Waals surface area contributed by atoms with Crippen LogP contribution in [0.15, 0.2) is 0 Å². The first kappa shape index (κ1) is 47.0. The highest BCUT2D eigenvalue weighted by atomic mass is 31.2. The second-order valence-electron chi connectivity index (χ2n) is 14.0. The van der Waals surface area contributed by atoms with E-state index in [0.717, 1.165) is 32.1 Å². The molecule has 0 aliphatic carbocycles. The van der Waals surface area contributed by atoms with Crippen molar-refractivity contribution >= 4 is 19.8 Å². The Labute approximate surface area is 295 Å². The van der Waals surface area contributed by atoms with Gasteiger partial charge in [-0.2, -0.15) is 0 Å². The Bertz CT molecular complexity index is 756. The van der Waals surface area contributed by atoms with Gasteiger partial charge in [0, 0.05) is 12.8 Å². The summed E-state index contributed by atoms with van der Waals surface area (Å²) >= 11 is 0. The van der Waals surface area contributed by atoms with Crippen molar-refractivity contribution in [3.05, 3.63) is 0 Å². The molecule has 0 amide bonds. The predicted octanol–water partition coefficient (Wildman–Crippen LogP) is 12.1. The molecule has 8 nitrogen and oxygen atoms in total. The van der Waals surface area contributed by atoms with Gasteiger partial charge >= 0.3 is 19.8 Å². The van der Waals surface area contributed by atoms with Crippen LogP contribution in [0.1, 0.15) is 219 Å². The van der Waals surface area contributed by atoms with Gasteiger partial charge in [-0.05, 0) is 12.8 Å². The number of carbonyl (C=O) groups is 2. The third kappa shape index (κ3) is 37.9. The summed E-state index contributed by atoms with van der Waals surface area (Å²) in [7, 11) is -4.74. The summed E-state index contributed by atoms with van der Waals surface area (Å²) in [5.74, 6) is -0.873. The van der Waals surface area contributed by atoms with E-state index in [1.54, 1.807) is 0 Å². The molecule has 0 aromatic heterocycles. The van der Waals surface area contributed by atoms with Gasteiger partial charge in [-0.15, -0.1) is 0 Å². The van der Waals surface area contributed by atoms with E-state index in [9.17, 15) is 14.2 Å².